The van der Waals surface area contributed by atoms with E-state index in [1.165, 1.54) is 11.8 Å². The van der Waals surface area contributed by atoms with Gasteiger partial charge in [0.1, 0.15) is 11.5 Å². The number of fused-ring (bicyclic) bond motifs is 1. The molecule has 2 aliphatic heterocycles. The highest BCUT2D eigenvalue weighted by molar-refractivity contribution is 8.14. The third-order valence-corrected chi connectivity index (χ3v) is 4.22. The predicted molar refractivity (Wildman–Crippen MR) is 68.1 cm³/mol. The van der Waals surface area contributed by atoms with Gasteiger partial charge in [-0.1, -0.05) is 18.7 Å². The number of ether oxygens (including phenoxy) is 1. The van der Waals surface area contributed by atoms with Crippen molar-refractivity contribution in [3.8, 4) is 0 Å². The van der Waals surface area contributed by atoms with Crippen LogP contribution in [0.25, 0.3) is 0 Å². The Morgan fingerprint density at radius 1 is 1.59 bits per heavy atom. The van der Waals surface area contributed by atoms with Gasteiger partial charge in [0.25, 0.3) is 0 Å². The van der Waals surface area contributed by atoms with Crippen LogP contribution >= 0.6 is 11.8 Å². The second kappa shape index (κ2) is 5.56. The minimum Gasteiger partial charge on any atom is -0.391 e. The zero-order valence-electron chi connectivity index (χ0n) is 10.2. The highest BCUT2D eigenvalue weighted by atomic mass is 32.2. The molecule has 0 unspecified atom stereocenters. The second-order valence-corrected chi connectivity index (χ2v) is 5.48. The summed E-state index contributed by atoms with van der Waals surface area (Å²) in [6, 6.07) is -0.200. The number of hydrogen-bond acceptors (Lipinski definition) is 6. The molecule has 1 saturated heterocycles. The summed E-state index contributed by atoms with van der Waals surface area (Å²) in [6.07, 6.45) is -0.210. The van der Waals surface area contributed by atoms with Gasteiger partial charge in [-0.25, -0.2) is 0 Å². The maximum atomic E-state index is 10.0. The van der Waals surface area contributed by atoms with Crippen molar-refractivity contribution in [3.05, 3.63) is 0 Å². The number of nitrogens with zero attached hydrogens (tertiary/aromatic N) is 1. The topological polar surface area (TPSA) is 74.1 Å². The number of hydrogen-bond donors (Lipinski definition) is 3. The largest absolute Gasteiger partial charge is 0.391 e. The number of aliphatic imine (C=N–C) groups is 1. The van der Waals surface area contributed by atoms with Crippen LogP contribution in [-0.4, -0.2) is 51.7 Å². The van der Waals surface area contributed by atoms with E-state index in [-0.39, 0.29) is 17.6 Å². The Labute approximate surface area is 106 Å². The minimum absolute atomic E-state index is 0.168. The summed E-state index contributed by atoms with van der Waals surface area (Å²) in [5, 5.41) is 23.8. The monoisotopic (exact) mass is 260 g/mol. The van der Waals surface area contributed by atoms with Crippen LogP contribution in [0, 0.1) is 0 Å². The Hall–Kier alpha value is -0.300. The van der Waals surface area contributed by atoms with Gasteiger partial charge in [0, 0.05) is 13.0 Å². The summed E-state index contributed by atoms with van der Waals surface area (Å²) in [5.41, 5.74) is -0.168. The Morgan fingerprint density at radius 3 is 3.00 bits per heavy atom. The van der Waals surface area contributed by atoms with Crippen molar-refractivity contribution in [2.75, 3.05) is 6.54 Å². The number of thioether (sulfide) groups is 1. The third-order valence-electron chi connectivity index (χ3n) is 3.13. The van der Waals surface area contributed by atoms with Gasteiger partial charge < -0.3 is 20.3 Å². The van der Waals surface area contributed by atoms with E-state index in [2.05, 4.69) is 10.3 Å². The fraction of sp³-hybridized carbons (Fsp3) is 0.909. The van der Waals surface area contributed by atoms with Gasteiger partial charge in [-0.05, 0) is 13.3 Å². The number of aliphatic hydroxyl groups is 2. The SMILES string of the molecule is CCNC1=N[C@H]2[C@H](O[C@H]([C@@H](O)CC)C[C@@H]2O)S1. The highest BCUT2D eigenvalue weighted by Gasteiger charge is 2.44. The van der Waals surface area contributed by atoms with Crippen LogP contribution in [0.1, 0.15) is 26.7 Å². The number of amidine groups is 1. The van der Waals surface area contributed by atoms with Gasteiger partial charge in [-0.15, -0.1) is 0 Å². The molecule has 0 aromatic heterocycles. The van der Waals surface area contributed by atoms with Crippen LogP contribution in [0.3, 0.4) is 0 Å². The van der Waals surface area contributed by atoms with E-state index < -0.39 is 12.2 Å². The molecule has 0 radical (unpaired) electrons. The van der Waals surface area contributed by atoms with E-state index in [0.717, 1.165) is 11.7 Å². The number of aliphatic hydroxyl groups excluding tert-OH is 2. The van der Waals surface area contributed by atoms with Crippen molar-refractivity contribution in [2.45, 2.75) is 56.5 Å². The van der Waals surface area contributed by atoms with Gasteiger partial charge in [0.2, 0.25) is 0 Å². The van der Waals surface area contributed by atoms with Crippen LogP contribution in [0.2, 0.25) is 0 Å². The lowest BCUT2D eigenvalue weighted by atomic mass is 9.97. The Bertz CT molecular complexity index is 300. The normalized spacial score (nSPS) is 38.5. The Balaban J connectivity index is 1.99. The van der Waals surface area contributed by atoms with Gasteiger partial charge in [-0.2, -0.15) is 0 Å². The first-order valence-electron chi connectivity index (χ1n) is 6.15. The van der Waals surface area contributed by atoms with Gasteiger partial charge in [0.05, 0.1) is 18.3 Å². The number of rotatable bonds is 3. The molecule has 6 heteroatoms. The van der Waals surface area contributed by atoms with Gasteiger partial charge in [-0.3, -0.25) is 4.99 Å². The van der Waals surface area contributed by atoms with Crippen LogP contribution < -0.4 is 5.32 Å². The van der Waals surface area contributed by atoms with Crippen molar-refractivity contribution >= 4 is 16.9 Å². The maximum Gasteiger partial charge on any atom is 0.159 e. The molecule has 0 amide bonds. The maximum absolute atomic E-state index is 10.0. The molecule has 17 heavy (non-hydrogen) atoms. The fourth-order valence-corrected chi connectivity index (χ4v) is 3.35. The molecule has 98 valence electrons. The summed E-state index contributed by atoms with van der Waals surface area (Å²) in [4.78, 5) is 4.41. The molecule has 0 aromatic carbocycles. The standard InChI is InChI=1S/C11H20N2O3S/c1-3-6(14)8-5-7(15)9-10(16-8)17-11(13-9)12-4-2/h6-10,14-15H,3-5H2,1-2H3,(H,12,13)/t6-,7-,8-,9+,10+/m0/s1. The quantitative estimate of drug-likeness (QED) is 0.681. The smallest absolute Gasteiger partial charge is 0.159 e. The molecule has 5 atom stereocenters. The summed E-state index contributed by atoms with van der Waals surface area (Å²) < 4.78 is 5.81. The van der Waals surface area contributed by atoms with Crippen molar-refractivity contribution in [1.29, 1.82) is 0 Å². The summed E-state index contributed by atoms with van der Waals surface area (Å²) in [7, 11) is 0. The van der Waals surface area contributed by atoms with E-state index in [4.69, 9.17) is 4.74 Å². The molecular formula is C11H20N2O3S. The molecule has 0 saturated carbocycles. The molecule has 0 bridgehead atoms. The summed E-state index contributed by atoms with van der Waals surface area (Å²) >= 11 is 1.50. The molecule has 3 N–H and O–H groups in total. The van der Waals surface area contributed by atoms with Gasteiger partial charge >= 0.3 is 0 Å². The first-order valence-corrected chi connectivity index (χ1v) is 7.03. The number of nitrogens with one attached hydrogen (secondary N) is 1. The zero-order chi connectivity index (χ0) is 12.4. The van der Waals surface area contributed by atoms with Crippen molar-refractivity contribution < 1.29 is 14.9 Å². The van der Waals surface area contributed by atoms with Crippen molar-refractivity contribution in [3.63, 3.8) is 0 Å². The Kier molecular flexibility index (Phi) is 4.30. The molecule has 1 fully saturated rings. The van der Waals surface area contributed by atoms with Crippen molar-refractivity contribution in [1.82, 2.24) is 5.32 Å². The first-order chi connectivity index (χ1) is 8.15. The third kappa shape index (κ3) is 2.76. The molecule has 0 aromatic rings. The second-order valence-electron chi connectivity index (χ2n) is 4.39. The molecule has 0 spiro atoms. The molecule has 5 nitrogen and oxygen atoms in total. The minimum atomic E-state index is -0.524. The molecular weight excluding hydrogens is 240 g/mol. The average Bonchev–Trinajstić information content (AvgIpc) is 2.71. The zero-order valence-corrected chi connectivity index (χ0v) is 11.0. The lowest BCUT2D eigenvalue weighted by Crippen LogP contribution is -2.47. The summed E-state index contributed by atoms with van der Waals surface area (Å²) in [5.74, 6) is 0. The lowest BCUT2D eigenvalue weighted by Gasteiger charge is -2.36. The molecule has 2 rings (SSSR count). The average molecular weight is 260 g/mol. The van der Waals surface area contributed by atoms with Gasteiger partial charge in [0.15, 0.2) is 5.17 Å². The van der Waals surface area contributed by atoms with E-state index in [0.29, 0.717) is 12.8 Å². The highest BCUT2D eigenvalue weighted by Crippen LogP contribution is 2.36. The molecule has 0 aliphatic carbocycles. The van der Waals surface area contributed by atoms with Crippen LogP contribution in [-0.2, 0) is 4.74 Å². The van der Waals surface area contributed by atoms with Crippen LogP contribution in [0.4, 0.5) is 0 Å². The van der Waals surface area contributed by atoms with E-state index in [1.807, 2.05) is 13.8 Å². The predicted octanol–water partition coefficient (Wildman–Crippen LogP) is 0.314. The van der Waals surface area contributed by atoms with Crippen LogP contribution in [0.15, 0.2) is 4.99 Å². The summed E-state index contributed by atoms with van der Waals surface area (Å²) in [6.45, 7) is 4.73. The Morgan fingerprint density at radius 2 is 2.35 bits per heavy atom. The first kappa shape index (κ1) is 13.1. The molecule has 2 aliphatic rings. The van der Waals surface area contributed by atoms with E-state index in [9.17, 15) is 10.2 Å². The fourth-order valence-electron chi connectivity index (χ4n) is 2.14. The van der Waals surface area contributed by atoms with Crippen molar-refractivity contribution in [2.24, 2.45) is 4.99 Å². The lowest BCUT2D eigenvalue weighted by molar-refractivity contribution is -0.117. The van der Waals surface area contributed by atoms with E-state index >= 15 is 0 Å². The molecule has 2 heterocycles. The van der Waals surface area contributed by atoms with Crippen LogP contribution in [0.5, 0.6) is 0 Å². The van der Waals surface area contributed by atoms with E-state index in [1.54, 1.807) is 0 Å².